The summed E-state index contributed by atoms with van der Waals surface area (Å²) in [5, 5.41) is 3.59. The van der Waals surface area contributed by atoms with Crippen molar-refractivity contribution in [2.24, 2.45) is 5.41 Å². The summed E-state index contributed by atoms with van der Waals surface area (Å²) in [6, 6.07) is 7.15. The van der Waals surface area contributed by atoms with Crippen molar-refractivity contribution in [3.05, 3.63) is 29.3 Å². The fourth-order valence-corrected chi connectivity index (χ4v) is 3.57. The first-order valence-electron chi connectivity index (χ1n) is 8.43. The van der Waals surface area contributed by atoms with Gasteiger partial charge in [0, 0.05) is 17.9 Å². The van der Waals surface area contributed by atoms with Crippen molar-refractivity contribution >= 4 is 0 Å². The molecule has 3 atom stereocenters. The maximum Gasteiger partial charge on any atom is 0.120 e. The van der Waals surface area contributed by atoms with Crippen LogP contribution in [0, 0.1) is 12.3 Å². The van der Waals surface area contributed by atoms with Crippen molar-refractivity contribution in [2.75, 3.05) is 6.54 Å². The molecule has 0 radical (unpaired) electrons. The smallest absolute Gasteiger partial charge is 0.120 e. The molecule has 21 heavy (non-hydrogen) atoms. The van der Waals surface area contributed by atoms with Gasteiger partial charge in [0.15, 0.2) is 0 Å². The topological polar surface area (TPSA) is 21.3 Å². The quantitative estimate of drug-likeness (QED) is 0.822. The molecule has 118 valence electrons. The zero-order valence-corrected chi connectivity index (χ0v) is 14.5. The third-order valence-electron chi connectivity index (χ3n) is 5.34. The average Bonchev–Trinajstić information content (AvgIpc) is 2.45. The molecule has 0 aromatic heterocycles. The molecule has 1 saturated carbocycles. The van der Waals surface area contributed by atoms with E-state index in [1.165, 1.54) is 11.1 Å². The largest absolute Gasteiger partial charge is 0.490 e. The highest BCUT2D eigenvalue weighted by Crippen LogP contribution is 2.46. The normalized spacial score (nSPS) is 28.5. The first-order valence-corrected chi connectivity index (χ1v) is 8.43. The lowest BCUT2D eigenvalue weighted by molar-refractivity contribution is -0.0697. The number of ether oxygens (including phenoxy) is 1. The van der Waals surface area contributed by atoms with Crippen molar-refractivity contribution in [3.63, 3.8) is 0 Å². The van der Waals surface area contributed by atoms with Crippen LogP contribution >= 0.6 is 0 Å². The Morgan fingerprint density at radius 1 is 1.33 bits per heavy atom. The minimum atomic E-state index is 0.251. The van der Waals surface area contributed by atoms with Crippen LogP contribution in [0.3, 0.4) is 0 Å². The molecule has 0 bridgehead atoms. The van der Waals surface area contributed by atoms with Crippen molar-refractivity contribution in [2.45, 2.75) is 72.4 Å². The van der Waals surface area contributed by atoms with Crippen LogP contribution in [0.5, 0.6) is 5.75 Å². The van der Waals surface area contributed by atoms with Gasteiger partial charge in [-0.05, 0) is 49.1 Å². The molecule has 3 unspecified atom stereocenters. The molecular formula is C19H31NO. The molecule has 1 N–H and O–H groups in total. The Bertz CT molecular complexity index is 482. The third kappa shape index (κ3) is 3.11. The summed E-state index contributed by atoms with van der Waals surface area (Å²) in [4.78, 5) is 0. The van der Waals surface area contributed by atoms with Gasteiger partial charge in [0.25, 0.3) is 0 Å². The second-order valence-corrected chi connectivity index (χ2v) is 6.98. The molecule has 0 spiro atoms. The molecule has 1 aromatic carbocycles. The second-order valence-electron chi connectivity index (χ2n) is 6.98. The molecule has 0 amide bonds. The van der Waals surface area contributed by atoms with Gasteiger partial charge in [0.2, 0.25) is 0 Å². The van der Waals surface area contributed by atoms with Gasteiger partial charge in [-0.15, -0.1) is 0 Å². The van der Waals surface area contributed by atoms with Crippen molar-refractivity contribution in [1.82, 2.24) is 5.32 Å². The minimum Gasteiger partial charge on any atom is -0.490 e. The summed E-state index contributed by atoms with van der Waals surface area (Å²) in [6.45, 7) is 14.5. The average molecular weight is 289 g/mol. The van der Waals surface area contributed by atoms with Crippen LogP contribution in [0.15, 0.2) is 18.2 Å². The summed E-state index contributed by atoms with van der Waals surface area (Å²) in [7, 11) is 0. The summed E-state index contributed by atoms with van der Waals surface area (Å²) < 4.78 is 6.31. The van der Waals surface area contributed by atoms with Crippen molar-refractivity contribution in [1.29, 1.82) is 0 Å². The highest BCUT2D eigenvalue weighted by molar-refractivity contribution is 5.36. The zero-order valence-electron chi connectivity index (χ0n) is 14.5. The van der Waals surface area contributed by atoms with E-state index in [0.29, 0.717) is 18.1 Å². The lowest BCUT2D eigenvalue weighted by Crippen LogP contribution is -2.63. The molecule has 1 aliphatic carbocycles. The monoisotopic (exact) mass is 289 g/mol. The predicted molar refractivity (Wildman–Crippen MR) is 90.2 cm³/mol. The van der Waals surface area contributed by atoms with Gasteiger partial charge in [-0.3, -0.25) is 0 Å². The number of hydrogen-bond donors (Lipinski definition) is 1. The van der Waals surface area contributed by atoms with Crippen LogP contribution < -0.4 is 10.1 Å². The van der Waals surface area contributed by atoms with Gasteiger partial charge >= 0.3 is 0 Å². The summed E-state index contributed by atoms with van der Waals surface area (Å²) in [5.41, 5.74) is 3.00. The van der Waals surface area contributed by atoms with Crippen LogP contribution in [0.1, 0.15) is 64.5 Å². The highest BCUT2D eigenvalue weighted by Gasteiger charge is 2.51. The van der Waals surface area contributed by atoms with Crippen LogP contribution in [0.4, 0.5) is 0 Å². The highest BCUT2D eigenvalue weighted by atomic mass is 16.5. The minimum absolute atomic E-state index is 0.251. The Morgan fingerprint density at radius 2 is 2.05 bits per heavy atom. The number of benzene rings is 1. The summed E-state index contributed by atoms with van der Waals surface area (Å²) in [5.74, 6) is 1.60. The Morgan fingerprint density at radius 3 is 2.57 bits per heavy atom. The van der Waals surface area contributed by atoms with Crippen molar-refractivity contribution in [3.8, 4) is 5.75 Å². The number of aryl methyl sites for hydroxylation is 1. The zero-order chi connectivity index (χ0) is 15.6. The molecule has 1 aromatic rings. The molecule has 1 aliphatic rings. The van der Waals surface area contributed by atoms with Gasteiger partial charge in [0.05, 0.1) is 0 Å². The van der Waals surface area contributed by atoms with Crippen LogP contribution in [-0.4, -0.2) is 18.7 Å². The standard InChI is InChI=1S/C19H31NO/c1-7-19(6)17(20-8-2)12-18(19)21-15-9-10-16(13(3)4)14(5)11-15/h9-11,13,17-18,20H,7-8,12H2,1-6H3. The lowest BCUT2D eigenvalue weighted by atomic mass is 9.61. The van der Waals surface area contributed by atoms with E-state index in [9.17, 15) is 0 Å². The summed E-state index contributed by atoms with van der Waals surface area (Å²) >= 11 is 0. The predicted octanol–water partition coefficient (Wildman–Crippen LogP) is 4.66. The summed E-state index contributed by atoms with van der Waals surface area (Å²) in [6.07, 6.45) is 2.59. The number of rotatable bonds is 6. The van der Waals surface area contributed by atoms with Crippen LogP contribution in [0.25, 0.3) is 0 Å². The Labute approximate surface area is 130 Å². The SMILES string of the molecule is CCNC1CC(Oc2ccc(C(C)C)c(C)c2)C1(C)CC. The van der Waals surface area contributed by atoms with Crippen LogP contribution in [-0.2, 0) is 0 Å². The second kappa shape index (κ2) is 6.39. The molecule has 0 saturated heterocycles. The first-order chi connectivity index (χ1) is 9.92. The van der Waals surface area contributed by atoms with E-state index >= 15 is 0 Å². The molecule has 0 heterocycles. The third-order valence-corrected chi connectivity index (χ3v) is 5.34. The Balaban J connectivity index is 2.07. The molecule has 2 rings (SSSR count). The van der Waals surface area contributed by atoms with E-state index < -0.39 is 0 Å². The Hall–Kier alpha value is -1.02. The lowest BCUT2D eigenvalue weighted by Gasteiger charge is -2.53. The fraction of sp³-hybridized carbons (Fsp3) is 0.684. The van der Waals surface area contributed by atoms with E-state index in [1.54, 1.807) is 0 Å². The van der Waals surface area contributed by atoms with E-state index in [4.69, 9.17) is 4.74 Å². The fourth-order valence-electron chi connectivity index (χ4n) is 3.57. The van der Waals surface area contributed by atoms with Gasteiger partial charge in [-0.25, -0.2) is 0 Å². The van der Waals surface area contributed by atoms with Gasteiger partial charge in [-0.1, -0.05) is 40.7 Å². The van der Waals surface area contributed by atoms with E-state index in [2.05, 4.69) is 65.1 Å². The molecule has 2 nitrogen and oxygen atoms in total. The van der Waals surface area contributed by atoms with Gasteiger partial charge in [-0.2, -0.15) is 0 Å². The van der Waals surface area contributed by atoms with E-state index in [1.807, 2.05) is 0 Å². The maximum absolute atomic E-state index is 6.31. The molecule has 2 heteroatoms. The number of hydrogen-bond acceptors (Lipinski definition) is 2. The maximum atomic E-state index is 6.31. The molecule has 1 fully saturated rings. The molecule has 0 aliphatic heterocycles. The Kier molecular flexibility index (Phi) is 4.98. The number of nitrogens with one attached hydrogen (secondary N) is 1. The molecular weight excluding hydrogens is 258 g/mol. The van der Waals surface area contributed by atoms with Crippen LogP contribution in [0.2, 0.25) is 0 Å². The van der Waals surface area contributed by atoms with Gasteiger partial charge < -0.3 is 10.1 Å². The van der Waals surface area contributed by atoms with E-state index in [0.717, 1.165) is 25.1 Å². The van der Waals surface area contributed by atoms with E-state index in [-0.39, 0.29) is 5.41 Å². The van der Waals surface area contributed by atoms with Gasteiger partial charge in [0.1, 0.15) is 11.9 Å². The van der Waals surface area contributed by atoms with Crippen molar-refractivity contribution < 1.29 is 4.74 Å². The first kappa shape index (κ1) is 16.4.